The van der Waals surface area contributed by atoms with Crippen LogP contribution >= 0.6 is 0 Å². The third-order valence-electron chi connectivity index (χ3n) is 3.35. The Kier molecular flexibility index (Phi) is 3.37. The van der Waals surface area contributed by atoms with Crippen LogP contribution in [0.5, 0.6) is 0 Å². The second-order valence-electron chi connectivity index (χ2n) is 4.31. The van der Waals surface area contributed by atoms with Gasteiger partial charge in [-0.05, 0) is 55.5 Å². The zero-order chi connectivity index (χ0) is 10.7. The summed E-state index contributed by atoms with van der Waals surface area (Å²) in [7, 11) is 0. The van der Waals surface area contributed by atoms with Crippen LogP contribution in [0, 0.1) is 11.7 Å². The minimum atomic E-state index is -0.110. The molecule has 0 aliphatic heterocycles. The fourth-order valence-electron chi connectivity index (χ4n) is 2.32. The molecule has 0 aromatic heterocycles. The van der Waals surface area contributed by atoms with E-state index in [1.54, 1.807) is 6.07 Å². The van der Waals surface area contributed by atoms with Crippen molar-refractivity contribution >= 4 is 0 Å². The van der Waals surface area contributed by atoms with Gasteiger partial charge in [-0.2, -0.15) is 0 Å². The van der Waals surface area contributed by atoms with Crippen molar-refractivity contribution in [3.8, 4) is 0 Å². The molecule has 1 aromatic carbocycles. The molecule has 0 saturated heterocycles. The first-order valence-electron chi connectivity index (χ1n) is 5.77. The second-order valence-corrected chi connectivity index (χ2v) is 4.31. The lowest BCUT2D eigenvalue weighted by Gasteiger charge is -2.37. The molecular weight excluding hydrogens is 189 g/mol. The summed E-state index contributed by atoms with van der Waals surface area (Å²) >= 11 is 0. The van der Waals surface area contributed by atoms with Gasteiger partial charge in [0.05, 0.1) is 0 Å². The highest BCUT2D eigenvalue weighted by Crippen LogP contribution is 2.42. The van der Waals surface area contributed by atoms with Crippen molar-refractivity contribution in [1.29, 1.82) is 0 Å². The number of hydrogen-bond acceptors (Lipinski definition) is 1. The predicted octanol–water partition coefficient (Wildman–Crippen LogP) is 2.93. The Morgan fingerprint density at radius 3 is 2.87 bits per heavy atom. The van der Waals surface area contributed by atoms with Crippen LogP contribution in [0.4, 0.5) is 4.39 Å². The van der Waals surface area contributed by atoms with E-state index < -0.39 is 0 Å². The first-order chi connectivity index (χ1) is 7.31. The van der Waals surface area contributed by atoms with Crippen LogP contribution < -0.4 is 5.32 Å². The van der Waals surface area contributed by atoms with Crippen molar-refractivity contribution in [1.82, 2.24) is 5.32 Å². The Labute approximate surface area is 90.7 Å². The smallest absolute Gasteiger partial charge is 0.123 e. The topological polar surface area (TPSA) is 12.0 Å². The number of nitrogens with one attached hydrogen (secondary N) is 1. The van der Waals surface area contributed by atoms with Crippen LogP contribution in [0.15, 0.2) is 24.3 Å². The fourth-order valence-corrected chi connectivity index (χ4v) is 2.32. The van der Waals surface area contributed by atoms with Crippen LogP contribution in [0.1, 0.15) is 31.2 Å². The van der Waals surface area contributed by atoms with Crippen LogP contribution in [-0.4, -0.2) is 13.1 Å². The molecule has 0 heterocycles. The molecule has 2 rings (SSSR count). The molecule has 0 spiro atoms. The van der Waals surface area contributed by atoms with E-state index in [1.807, 2.05) is 12.1 Å². The highest BCUT2D eigenvalue weighted by Gasteiger charge is 2.31. The minimum Gasteiger partial charge on any atom is -0.317 e. The largest absolute Gasteiger partial charge is 0.317 e. The van der Waals surface area contributed by atoms with E-state index in [0.29, 0.717) is 11.8 Å². The standard InChI is InChI=1S/C13H18FN/c1-2-15-9-11-6-7-13(11)10-4-3-5-12(14)8-10/h3-5,8,11,13,15H,2,6-7,9H2,1H3. The molecule has 1 fully saturated rings. The Hall–Kier alpha value is -0.890. The highest BCUT2D eigenvalue weighted by atomic mass is 19.1. The van der Waals surface area contributed by atoms with Crippen molar-refractivity contribution in [3.05, 3.63) is 35.6 Å². The summed E-state index contributed by atoms with van der Waals surface area (Å²) < 4.78 is 13.1. The normalized spacial score (nSPS) is 24.9. The van der Waals surface area contributed by atoms with E-state index in [4.69, 9.17) is 0 Å². The van der Waals surface area contributed by atoms with Gasteiger partial charge in [0, 0.05) is 0 Å². The van der Waals surface area contributed by atoms with Gasteiger partial charge in [-0.3, -0.25) is 0 Å². The lowest BCUT2D eigenvalue weighted by Crippen LogP contribution is -2.33. The van der Waals surface area contributed by atoms with Gasteiger partial charge in [-0.1, -0.05) is 19.1 Å². The maximum atomic E-state index is 13.1. The van der Waals surface area contributed by atoms with Crippen LogP contribution in [0.3, 0.4) is 0 Å². The molecule has 0 amide bonds. The quantitative estimate of drug-likeness (QED) is 0.800. The first-order valence-corrected chi connectivity index (χ1v) is 5.77. The molecule has 1 aliphatic rings. The van der Waals surface area contributed by atoms with Crippen molar-refractivity contribution < 1.29 is 4.39 Å². The number of benzene rings is 1. The van der Waals surface area contributed by atoms with Gasteiger partial charge in [-0.15, -0.1) is 0 Å². The molecule has 0 bridgehead atoms. The summed E-state index contributed by atoms with van der Waals surface area (Å²) in [6.45, 7) is 4.21. The third kappa shape index (κ3) is 2.37. The Bertz CT molecular complexity index is 324. The zero-order valence-corrected chi connectivity index (χ0v) is 9.17. The molecule has 1 N–H and O–H groups in total. The molecular formula is C13H18FN. The highest BCUT2D eigenvalue weighted by molar-refractivity contribution is 5.23. The summed E-state index contributed by atoms with van der Waals surface area (Å²) in [4.78, 5) is 0. The molecule has 1 saturated carbocycles. The molecule has 0 radical (unpaired) electrons. The van der Waals surface area contributed by atoms with Gasteiger partial charge in [-0.25, -0.2) is 4.39 Å². The van der Waals surface area contributed by atoms with E-state index in [1.165, 1.54) is 24.5 Å². The third-order valence-corrected chi connectivity index (χ3v) is 3.35. The van der Waals surface area contributed by atoms with E-state index in [-0.39, 0.29) is 5.82 Å². The molecule has 15 heavy (non-hydrogen) atoms. The fraction of sp³-hybridized carbons (Fsp3) is 0.538. The van der Waals surface area contributed by atoms with E-state index >= 15 is 0 Å². The SMILES string of the molecule is CCNCC1CCC1c1cccc(F)c1. The Morgan fingerprint density at radius 1 is 1.40 bits per heavy atom. The molecule has 2 atom stereocenters. The summed E-state index contributed by atoms with van der Waals surface area (Å²) in [5, 5.41) is 3.37. The lowest BCUT2D eigenvalue weighted by atomic mass is 9.70. The Balaban J connectivity index is 1.99. The summed E-state index contributed by atoms with van der Waals surface area (Å²) in [6, 6.07) is 7.06. The van der Waals surface area contributed by atoms with Crippen LogP contribution in [0.25, 0.3) is 0 Å². The van der Waals surface area contributed by atoms with Gasteiger partial charge in [0.2, 0.25) is 0 Å². The van der Waals surface area contributed by atoms with Crippen molar-refractivity contribution in [2.24, 2.45) is 5.92 Å². The monoisotopic (exact) mass is 207 g/mol. The van der Waals surface area contributed by atoms with Gasteiger partial charge in [0.1, 0.15) is 5.82 Å². The van der Waals surface area contributed by atoms with Crippen molar-refractivity contribution in [2.75, 3.05) is 13.1 Å². The molecule has 2 unspecified atom stereocenters. The van der Waals surface area contributed by atoms with Gasteiger partial charge >= 0.3 is 0 Å². The molecule has 1 aromatic rings. The summed E-state index contributed by atoms with van der Waals surface area (Å²) in [5.41, 5.74) is 1.17. The van der Waals surface area contributed by atoms with Gasteiger partial charge < -0.3 is 5.32 Å². The molecule has 1 nitrogen and oxygen atoms in total. The molecule has 82 valence electrons. The van der Waals surface area contributed by atoms with E-state index in [0.717, 1.165) is 13.1 Å². The van der Waals surface area contributed by atoms with E-state index in [2.05, 4.69) is 12.2 Å². The maximum absolute atomic E-state index is 13.1. The predicted molar refractivity (Wildman–Crippen MR) is 60.4 cm³/mol. The average Bonchev–Trinajstić information content (AvgIpc) is 2.17. The summed E-state index contributed by atoms with van der Waals surface area (Å²) in [6.07, 6.45) is 2.48. The second kappa shape index (κ2) is 4.75. The summed E-state index contributed by atoms with van der Waals surface area (Å²) in [5.74, 6) is 1.16. The molecule has 1 aliphatic carbocycles. The van der Waals surface area contributed by atoms with Crippen molar-refractivity contribution in [3.63, 3.8) is 0 Å². The first kappa shape index (κ1) is 10.6. The number of rotatable bonds is 4. The number of hydrogen-bond donors (Lipinski definition) is 1. The zero-order valence-electron chi connectivity index (χ0n) is 9.17. The van der Waals surface area contributed by atoms with Crippen molar-refractivity contribution in [2.45, 2.75) is 25.7 Å². The lowest BCUT2D eigenvalue weighted by molar-refractivity contribution is 0.247. The maximum Gasteiger partial charge on any atom is 0.123 e. The van der Waals surface area contributed by atoms with Gasteiger partial charge in [0.25, 0.3) is 0 Å². The van der Waals surface area contributed by atoms with E-state index in [9.17, 15) is 4.39 Å². The average molecular weight is 207 g/mol. The van der Waals surface area contributed by atoms with Crippen LogP contribution in [0.2, 0.25) is 0 Å². The van der Waals surface area contributed by atoms with Crippen LogP contribution in [-0.2, 0) is 0 Å². The van der Waals surface area contributed by atoms with Gasteiger partial charge in [0.15, 0.2) is 0 Å². The minimum absolute atomic E-state index is 0.110. The molecule has 2 heteroatoms. The Morgan fingerprint density at radius 2 is 2.27 bits per heavy atom. The number of halogens is 1.